The van der Waals surface area contributed by atoms with Crippen LogP contribution in [-0.2, 0) is 4.79 Å². The van der Waals surface area contributed by atoms with Crippen LogP contribution in [0.15, 0.2) is 22.8 Å². The van der Waals surface area contributed by atoms with E-state index in [1.54, 1.807) is 19.1 Å². The summed E-state index contributed by atoms with van der Waals surface area (Å²) in [5.74, 6) is -0.469. The first-order chi connectivity index (χ1) is 6.11. The van der Waals surface area contributed by atoms with Gasteiger partial charge in [0.2, 0.25) is 0 Å². The molecule has 1 heterocycles. The number of carboxylic acids is 1. The van der Waals surface area contributed by atoms with E-state index >= 15 is 0 Å². The van der Waals surface area contributed by atoms with E-state index in [0.717, 1.165) is 0 Å². The summed E-state index contributed by atoms with van der Waals surface area (Å²) in [6.07, 6.45) is 1.53. The summed E-state index contributed by atoms with van der Waals surface area (Å²) in [7, 11) is 0. The number of hydrogen-bond donors (Lipinski definition) is 2. The van der Waals surface area contributed by atoms with Crippen molar-refractivity contribution in [1.82, 2.24) is 0 Å². The molecular formula is C9H13NO3. The fourth-order valence-corrected chi connectivity index (χ4v) is 1.24. The zero-order valence-electron chi connectivity index (χ0n) is 7.43. The van der Waals surface area contributed by atoms with Crippen molar-refractivity contribution in [3.05, 3.63) is 24.2 Å². The molecule has 13 heavy (non-hydrogen) atoms. The molecule has 4 heteroatoms. The molecular weight excluding hydrogens is 170 g/mol. The Balaban J connectivity index is 2.74. The smallest absolute Gasteiger partial charge is 0.304 e. The second-order valence-corrected chi connectivity index (χ2v) is 3.08. The topological polar surface area (TPSA) is 76.5 Å². The van der Waals surface area contributed by atoms with Crippen molar-refractivity contribution in [3.63, 3.8) is 0 Å². The van der Waals surface area contributed by atoms with Crippen LogP contribution < -0.4 is 5.73 Å². The van der Waals surface area contributed by atoms with Crippen LogP contribution in [0.1, 0.15) is 25.0 Å². The van der Waals surface area contributed by atoms with E-state index in [4.69, 9.17) is 15.3 Å². The maximum absolute atomic E-state index is 10.5. The van der Waals surface area contributed by atoms with Crippen molar-refractivity contribution in [1.29, 1.82) is 0 Å². The minimum atomic E-state index is -0.862. The van der Waals surface area contributed by atoms with Crippen LogP contribution in [0, 0.1) is 0 Å². The number of rotatable bonds is 4. The van der Waals surface area contributed by atoms with Gasteiger partial charge in [-0.2, -0.15) is 0 Å². The first-order valence-corrected chi connectivity index (χ1v) is 4.12. The van der Waals surface area contributed by atoms with E-state index in [0.29, 0.717) is 5.76 Å². The van der Waals surface area contributed by atoms with Gasteiger partial charge in [-0.1, -0.05) is 0 Å². The molecule has 2 atom stereocenters. The number of hydrogen-bond acceptors (Lipinski definition) is 3. The molecule has 0 saturated carbocycles. The van der Waals surface area contributed by atoms with Gasteiger partial charge in [-0.15, -0.1) is 0 Å². The average molecular weight is 183 g/mol. The van der Waals surface area contributed by atoms with Crippen molar-refractivity contribution in [2.45, 2.75) is 25.3 Å². The van der Waals surface area contributed by atoms with Crippen LogP contribution in [0.3, 0.4) is 0 Å². The third-order valence-electron chi connectivity index (χ3n) is 1.94. The molecule has 0 fully saturated rings. The van der Waals surface area contributed by atoms with Gasteiger partial charge in [-0.3, -0.25) is 4.79 Å². The molecule has 1 aromatic rings. The van der Waals surface area contributed by atoms with Gasteiger partial charge in [0.15, 0.2) is 0 Å². The van der Waals surface area contributed by atoms with Crippen LogP contribution in [-0.4, -0.2) is 17.1 Å². The predicted octanol–water partition coefficient (Wildman–Crippen LogP) is 1.19. The molecule has 0 unspecified atom stereocenters. The average Bonchev–Trinajstić information content (AvgIpc) is 2.50. The second kappa shape index (κ2) is 4.09. The van der Waals surface area contributed by atoms with Crippen molar-refractivity contribution in [3.8, 4) is 0 Å². The lowest BCUT2D eigenvalue weighted by atomic mass is 9.95. The van der Waals surface area contributed by atoms with E-state index in [-0.39, 0.29) is 18.4 Å². The van der Waals surface area contributed by atoms with E-state index in [1.165, 1.54) is 6.26 Å². The van der Waals surface area contributed by atoms with Gasteiger partial charge in [0.1, 0.15) is 5.76 Å². The monoisotopic (exact) mass is 183 g/mol. The molecule has 0 aliphatic heterocycles. The number of aliphatic carboxylic acids is 1. The summed E-state index contributed by atoms with van der Waals surface area (Å²) in [4.78, 5) is 10.5. The zero-order chi connectivity index (χ0) is 9.84. The Labute approximate surface area is 76.3 Å². The lowest BCUT2D eigenvalue weighted by molar-refractivity contribution is -0.137. The Morgan fingerprint density at radius 2 is 2.46 bits per heavy atom. The van der Waals surface area contributed by atoms with Gasteiger partial charge in [0.25, 0.3) is 0 Å². The summed E-state index contributed by atoms with van der Waals surface area (Å²) in [5, 5.41) is 8.63. The molecule has 0 amide bonds. The van der Waals surface area contributed by atoms with Crippen molar-refractivity contribution < 1.29 is 14.3 Å². The van der Waals surface area contributed by atoms with Crippen LogP contribution in [0.2, 0.25) is 0 Å². The zero-order valence-corrected chi connectivity index (χ0v) is 7.43. The fourth-order valence-electron chi connectivity index (χ4n) is 1.24. The van der Waals surface area contributed by atoms with Crippen LogP contribution >= 0.6 is 0 Å². The highest BCUT2D eigenvalue weighted by Crippen LogP contribution is 2.22. The first kappa shape index (κ1) is 9.80. The van der Waals surface area contributed by atoms with Crippen molar-refractivity contribution >= 4 is 5.97 Å². The molecule has 0 spiro atoms. The van der Waals surface area contributed by atoms with E-state index in [2.05, 4.69) is 0 Å². The number of nitrogens with two attached hydrogens (primary N) is 1. The normalized spacial score (nSPS) is 15.2. The number of carbonyl (C=O) groups is 1. The molecule has 0 aromatic carbocycles. The molecule has 1 aromatic heterocycles. The quantitative estimate of drug-likeness (QED) is 0.735. The molecule has 0 aliphatic carbocycles. The standard InChI is InChI=1S/C9H13NO3/c1-6(10)7(5-9(11)12)8-3-2-4-13-8/h2-4,6-7H,5,10H2,1H3,(H,11,12)/t6-,7-/m0/s1. The molecule has 72 valence electrons. The molecule has 0 bridgehead atoms. The summed E-state index contributed by atoms with van der Waals surface area (Å²) in [6.45, 7) is 1.77. The van der Waals surface area contributed by atoms with Crippen LogP contribution in [0.5, 0.6) is 0 Å². The highest BCUT2D eigenvalue weighted by molar-refractivity contribution is 5.68. The molecule has 4 nitrogen and oxygen atoms in total. The highest BCUT2D eigenvalue weighted by Gasteiger charge is 2.21. The molecule has 0 radical (unpaired) electrons. The van der Waals surface area contributed by atoms with Gasteiger partial charge < -0.3 is 15.3 Å². The lowest BCUT2D eigenvalue weighted by Gasteiger charge is -2.15. The largest absolute Gasteiger partial charge is 0.481 e. The molecule has 3 N–H and O–H groups in total. The first-order valence-electron chi connectivity index (χ1n) is 4.12. The maximum atomic E-state index is 10.5. The predicted molar refractivity (Wildman–Crippen MR) is 47.4 cm³/mol. The minimum absolute atomic E-state index is 0.00514. The van der Waals surface area contributed by atoms with Gasteiger partial charge >= 0.3 is 5.97 Å². The summed E-state index contributed by atoms with van der Waals surface area (Å²) in [6, 6.07) is 3.26. The summed E-state index contributed by atoms with van der Waals surface area (Å²) in [5.41, 5.74) is 5.65. The molecule has 0 saturated heterocycles. The Hall–Kier alpha value is -1.29. The Morgan fingerprint density at radius 3 is 2.85 bits per heavy atom. The number of carboxylic acid groups (broad SMARTS) is 1. The van der Waals surface area contributed by atoms with Crippen molar-refractivity contribution in [2.24, 2.45) is 5.73 Å². The Bertz CT molecular complexity index is 266. The SMILES string of the molecule is C[C@H](N)[C@H](CC(=O)O)c1ccco1. The third-order valence-corrected chi connectivity index (χ3v) is 1.94. The fraction of sp³-hybridized carbons (Fsp3) is 0.444. The Morgan fingerprint density at radius 1 is 1.77 bits per heavy atom. The van der Waals surface area contributed by atoms with Gasteiger partial charge in [0, 0.05) is 12.0 Å². The second-order valence-electron chi connectivity index (χ2n) is 3.08. The van der Waals surface area contributed by atoms with Gasteiger partial charge in [-0.25, -0.2) is 0 Å². The third kappa shape index (κ3) is 2.59. The lowest BCUT2D eigenvalue weighted by Crippen LogP contribution is -2.26. The van der Waals surface area contributed by atoms with Crippen molar-refractivity contribution in [2.75, 3.05) is 0 Å². The molecule has 0 aliphatic rings. The van der Waals surface area contributed by atoms with E-state index in [9.17, 15) is 4.79 Å². The summed E-state index contributed by atoms with van der Waals surface area (Å²) < 4.78 is 5.11. The van der Waals surface area contributed by atoms with E-state index in [1.807, 2.05) is 0 Å². The van der Waals surface area contributed by atoms with Crippen LogP contribution in [0.25, 0.3) is 0 Å². The maximum Gasteiger partial charge on any atom is 0.304 e. The highest BCUT2D eigenvalue weighted by atomic mass is 16.4. The minimum Gasteiger partial charge on any atom is -0.481 e. The van der Waals surface area contributed by atoms with Crippen LogP contribution in [0.4, 0.5) is 0 Å². The summed E-state index contributed by atoms with van der Waals surface area (Å²) >= 11 is 0. The van der Waals surface area contributed by atoms with Gasteiger partial charge in [0.05, 0.1) is 12.7 Å². The molecule has 1 rings (SSSR count). The number of furan rings is 1. The van der Waals surface area contributed by atoms with Gasteiger partial charge in [-0.05, 0) is 19.1 Å². The van der Waals surface area contributed by atoms with E-state index < -0.39 is 5.97 Å². The Kier molecular flexibility index (Phi) is 3.08.